The molecule has 0 aliphatic rings. The molecule has 0 spiro atoms. The van der Waals surface area contributed by atoms with E-state index in [-0.39, 0.29) is 11.9 Å². The zero-order valence-electron chi connectivity index (χ0n) is 10.4. The first-order valence-electron chi connectivity index (χ1n) is 5.17. The third-order valence-corrected chi connectivity index (χ3v) is 2.15. The number of nitrogens with zero attached hydrogens (tertiary/aromatic N) is 2. The van der Waals surface area contributed by atoms with Crippen LogP contribution in [0, 0.1) is 0 Å². The van der Waals surface area contributed by atoms with Gasteiger partial charge in [-0.05, 0) is 12.1 Å². The normalized spacial score (nSPS) is 10.9. The van der Waals surface area contributed by atoms with Crippen LogP contribution in [0.5, 0.6) is 11.5 Å². The van der Waals surface area contributed by atoms with Gasteiger partial charge in [-0.2, -0.15) is 4.99 Å². The number of hydrogen-bond donors (Lipinski definition) is 3. The smallest absolute Gasteiger partial charge is 0.218 e. The molecule has 0 bridgehead atoms. The van der Waals surface area contributed by atoms with Gasteiger partial charge in [0.05, 0.1) is 20.8 Å². The third kappa shape index (κ3) is 3.85. The Morgan fingerprint density at radius 3 is 2.44 bits per heavy atom. The van der Waals surface area contributed by atoms with Gasteiger partial charge in [0.2, 0.25) is 5.96 Å². The zero-order chi connectivity index (χ0) is 13.5. The Bertz CT molecular complexity index is 467. The molecule has 0 aliphatic carbocycles. The molecule has 0 saturated carbocycles. The lowest BCUT2D eigenvalue weighted by molar-refractivity contribution is 0.391. The second-order valence-electron chi connectivity index (χ2n) is 3.39. The maximum absolute atomic E-state index is 5.51. The predicted octanol–water partition coefficient (Wildman–Crippen LogP) is -0.208. The predicted molar refractivity (Wildman–Crippen MR) is 70.7 cm³/mol. The quantitative estimate of drug-likeness (QED) is 0.505. The van der Waals surface area contributed by atoms with E-state index in [4.69, 9.17) is 26.7 Å². The second-order valence-corrected chi connectivity index (χ2v) is 3.39. The van der Waals surface area contributed by atoms with Crippen LogP contribution in [-0.2, 0) is 6.54 Å². The van der Waals surface area contributed by atoms with Gasteiger partial charge in [-0.1, -0.05) is 0 Å². The first-order chi connectivity index (χ1) is 8.56. The molecule has 98 valence electrons. The number of rotatable bonds is 4. The summed E-state index contributed by atoms with van der Waals surface area (Å²) in [6, 6.07) is 5.41. The Morgan fingerprint density at radius 2 is 1.89 bits per heavy atom. The molecule has 1 rings (SSSR count). The molecule has 7 nitrogen and oxygen atoms in total. The fraction of sp³-hybridized carbons (Fsp3) is 0.273. The number of hydrogen-bond acceptors (Lipinski definition) is 3. The van der Waals surface area contributed by atoms with Crippen LogP contribution < -0.4 is 26.7 Å². The van der Waals surface area contributed by atoms with Gasteiger partial charge in [-0.25, -0.2) is 4.99 Å². The molecular formula is C11H17N5O2. The summed E-state index contributed by atoms with van der Waals surface area (Å²) in [4.78, 5) is 7.64. The van der Waals surface area contributed by atoms with Crippen molar-refractivity contribution in [3.63, 3.8) is 0 Å². The molecule has 0 saturated heterocycles. The van der Waals surface area contributed by atoms with E-state index >= 15 is 0 Å². The van der Waals surface area contributed by atoms with Crippen molar-refractivity contribution in [3.8, 4) is 11.5 Å². The monoisotopic (exact) mass is 251 g/mol. The average molecular weight is 251 g/mol. The van der Waals surface area contributed by atoms with Crippen LogP contribution in [0.4, 0.5) is 0 Å². The van der Waals surface area contributed by atoms with Crippen LogP contribution in [0.3, 0.4) is 0 Å². The maximum Gasteiger partial charge on any atom is 0.218 e. The Balaban J connectivity index is 2.88. The fourth-order valence-electron chi connectivity index (χ4n) is 1.32. The fourth-order valence-corrected chi connectivity index (χ4v) is 1.32. The van der Waals surface area contributed by atoms with E-state index in [9.17, 15) is 0 Å². The highest BCUT2D eigenvalue weighted by Gasteiger charge is 2.04. The van der Waals surface area contributed by atoms with Crippen LogP contribution in [0.1, 0.15) is 5.56 Å². The van der Waals surface area contributed by atoms with Gasteiger partial charge >= 0.3 is 0 Å². The molecule has 0 amide bonds. The van der Waals surface area contributed by atoms with E-state index in [1.165, 1.54) is 0 Å². The summed E-state index contributed by atoms with van der Waals surface area (Å²) in [5.41, 5.74) is 16.7. The molecule has 18 heavy (non-hydrogen) atoms. The molecule has 0 unspecified atom stereocenters. The Labute approximate surface area is 105 Å². The largest absolute Gasteiger partial charge is 0.497 e. The van der Waals surface area contributed by atoms with Crippen molar-refractivity contribution in [3.05, 3.63) is 23.8 Å². The van der Waals surface area contributed by atoms with Gasteiger partial charge < -0.3 is 26.7 Å². The van der Waals surface area contributed by atoms with Crippen LogP contribution in [-0.4, -0.2) is 26.1 Å². The lowest BCUT2D eigenvalue weighted by Gasteiger charge is -2.08. The number of aliphatic imine (C=N–C) groups is 2. The van der Waals surface area contributed by atoms with Gasteiger partial charge in [-0.3, -0.25) is 0 Å². The standard InChI is InChI=1S/C11H17N5O2/c1-17-8-4-3-7(9(5-8)18-2)6-15-11(14)16-10(12)13/h3-5H,6H2,1-2H3,(H6,12,13,14,15,16). The number of benzene rings is 1. The zero-order valence-corrected chi connectivity index (χ0v) is 10.4. The van der Waals surface area contributed by atoms with Crippen LogP contribution >= 0.6 is 0 Å². The van der Waals surface area contributed by atoms with E-state index in [0.29, 0.717) is 18.0 Å². The molecule has 0 radical (unpaired) electrons. The van der Waals surface area contributed by atoms with Crippen LogP contribution in [0.2, 0.25) is 0 Å². The Kier molecular flexibility index (Phi) is 4.79. The first-order valence-corrected chi connectivity index (χ1v) is 5.17. The van der Waals surface area contributed by atoms with Crippen molar-refractivity contribution >= 4 is 11.9 Å². The number of methoxy groups -OCH3 is 2. The highest BCUT2D eigenvalue weighted by atomic mass is 16.5. The lowest BCUT2D eigenvalue weighted by atomic mass is 10.2. The topological polar surface area (TPSA) is 121 Å². The molecule has 1 aromatic carbocycles. The van der Waals surface area contributed by atoms with Gasteiger partial charge in [0.1, 0.15) is 11.5 Å². The average Bonchev–Trinajstić information content (AvgIpc) is 2.35. The minimum absolute atomic E-state index is 0.0212. The van der Waals surface area contributed by atoms with Crippen molar-refractivity contribution in [1.82, 2.24) is 0 Å². The minimum Gasteiger partial charge on any atom is -0.497 e. The molecule has 7 heteroatoms. The molecule has 0 aromatic heterocycles. The SMILES string of the molecule is COc1ccc(CN=C(N)N=C(N)N)c(OC)c1. The highest BCUT2D eigenvalue weighted by Crippen LogP contribution is 2.24. The summed E-state index contributed by atoms with van der Waals surface area (Å²) in [5.74, 6) is 1.26. The first kappa shape index (κ1) is 13.6. The minimum atomic E-state index is -0.127. The summed E-state index contributed by atoms with van der Waals surface area (Å²) in [7, 11) is 3.16. The lowest BCUT2D eigenvalue weighted by Crippen LogP contribution is -2.26. The summed E-state index contributed by atoms with van der Waals surface area (Å²) in [6.45, 7) is 0.315. The van der Waals surface area contributed by atoms with Crippen molar-refractivity contribution in [1.29, 1.82) is 0 Å². The number of guanidine groups is 2. The summed E-state index contributed by atoms with van der Waals surface area (Å²) >= 11 is 0. The molecule has 1 aromatic rings. The van der Waals surface area contributed by atoms with Gasteiger partial charge in [0, 0.05) is 11.6 Å². The van der Waals surface area contributed by atoms with Crippen molar-refractivity contribution < 1.29 is 9.47 Å². The van der Waals surface area contributed by atoms with Gasteiger partial charge in [0.25, 0.3) is 0 Å². The van der Waals surface area contributed by atoms with E-state index in [2.05, 4.69) is 9.98 Å². The van der Waals surface area contributed by atoms with Crippen LogP contribution in [0.25, 0.3) is 0 Å². The molecule has 0 atom stereocenters. The van der Waals surface area contributed by atoms with Crippen LogP contribution in [0.15, 0.2) is 28.2 Å². The molecule has 0 aliphatic heterocycles. The van der Waals surface area contributed by atoms with Gasteiger partial charge in [0.15, 0.2) is 5.96 Å². The summed E-state index contributed by atoms with van der Waals surface area (Å²) in [5, 5.41) is 0. The highest BCUT2D eigenvalue weighted by molar-refractivity contribution is 5.92. The molecular weight excluding hydrogens is 234 g/mol. The number of ether oxygens (including phenoxy) is 2. The molecule has 0 fully saturated rings. The summed E-state index contributed by atoms with van der Waals surface area (Å²) < 4.78 is 10.3. The van der Waals surface area contributed by atoms with E-state index in [1.807, 2.05) is 12.1 Å². The molecule has 6 N–H and O–H groups in total. The van der Waals surface area contributed by atoms with Crippen molar-refractivity contribution in [2.24, 2.45) is 27.2 Å². The Hall–Kier alpha value is -2.44. The molecule has 0 heterocycles. The van der Waals surface area contributed by atoms with E-state index in [0.717, 1.165) is 5.56 Å². The van der Waals surface area contributed by atoms with Gasteiger partial charge in [-0.15, -0.1) is 0 Å². The van der Waals surface area contributed by atoms with E-state index in [1.54, 1.807) is 20.3 Å². The second kappa shape index (κ2) is 6.33. The van der Waals surface area contributed by atoms with E-state index < -0.39 is 0 Å². The Morgan fingerprint density at radius 1 is 1.17 bits per heavy atom. The van der Waals surface area contributed by atoms with Crippen molar-refractivity contribution in [2.75, 3.05) is 14.2 Å². The maximum atomic E-state index is 5.51. The summed E-state index contributed by atoms with van der Waals surface area (Å²) in [6.07, 6.45) is 0. The van der Waals surface area contributed by atoms with Crippen molar-refractivity contribution in [2.45, 2.75) is 6.54 Å². The number of nitrogens with two attached hydrogens (primary N) is 3. The third-order valence-electron chi connectivity index (χ3n) is 2.15.